The number of hydrogen-bond acceptors (Lipinski definition) is 2. The van der Waals surface area contributed by atoms with Crippen molar-refractivity contribution in [2.75, 3.05) is 0 Å². The second-order valence-electron chi connectivity index (χ2n) is 4.55. The number of nitriles is 1. The molecule has 0 spiro atoms. The molecule has 3 nitrogen and oxygen atoms in total. The van der Waals surface area contributed by atoms with E-state index < -0.39 is 0 Å². The highest BCUT2D eigenvalue weighted by atomic mass is 19.1. The minimum atomic E-state index is -0.297. The lowest BCUT2D eigenvalue weighted by atomic mass is 10.1. The van der Waals surface area contributed by atoms with Gasteiger partial charge in [0.15, 0.2) is 0 Å². The third-order valence-electron chi connectivity index (χ3n) is 3.17. The maximum Gasteiger partial charge on any atom is 0.128 e. The molecule has 0 amide bonds. The van der Waals surface area contributed by atoms with Crippen LogP contribution in [0.2, 0.25) is 0 Å². The summed E-state index contributed by atoms with van der Waals surface area (Å²) in [6, 6.07) is 8.36. The van der Waals surface area contributed by atoms with E-state index in [2.05, 4.69) is 0 Å². The van der Waals surface area contributed by atoms with E-state index in [1.165, 1.54) is 12.1 Å². The molecule has 2 rings (SSSR count). The number of aromatic nitrogens is 1. The topological polar surface area (TPSA) is 54.7 Å². The number of halogens is 1. The van der Waals surface area contributed by atoms with Crippen molar-refractivity contribution in [2.24, 2.45) is 5.73 Å². The monoisotopic (exact) mass is 257 g/mol. The maximum absolute atomic E-state index is 13.7. The highest BCUT2D eigenvalue weighted by Gasteiger charge is 2.08. The van der Waals surface area contributed by atoms with Crippen LogP contribution < -0.4 is 5.73 Å². The maximum atomic E-state index is 13.7. The molecule has 98 valence electrons. The zero-order valence-corrected chi connectivity index (χ0v) is 10.8. The summed E-state index contributed by atoms with van der Waals surface area (Å²) in [4.78, 5) is 0. The van der Waals surface area contributed by atoms with E-state index in [1.807, 2.05) is 36.0 Å². The summed E-state index contributed by atoms with van der Waals surface area (Å²) in [5, 5.41) is 8.83. The van der Waals surface area contributed by atoms with Gasteiger partial charge in [-0.25, -0.2) is 4.39 Å². The molecule has 0 aliphatic heterocycles. The smallest absolute Gasteiger partial charge is 0.128 e. The standard InChI is InChI=1S/C15H16FN3/c1-2-15(18)12-5-6-19(9-12)10-13-7-11(8-17)3-4-14(13)16/h3-7,9,15H,2,10,18H2,1H3. The molecule has 1 atom stereocenters. The van der Waals surface area contributed by atoms with E-state index in [9.17, 15) is 4.39 Å². The van der Waals surface area contributed by atoms with Gasteiger partial charge in [0, 0.05) is 30.5 Å². The summed E-state index contributed by atoms with van der Waals surface area (Å²) in [5.74, 6) is -0.297. The summed E-state index contributed by atoms with van der Waals surface area (Å²) in [5.41, 5.74) is 7.96. The Labute approximate surface area is 112 Å². The third-order valence-corrected chi connectivity index (χ3v) is 3.17. The van der Waals surface area contributed by atoms with Crippen LogP contribution in [0, 0.1) is 17.1 Å². The molecular weight excluding hydrogens is 241 g/mol. The van der Waals surface area contributed by atoms with Crippen molar-refractivity contribution in [1.29, 1.82) is 5.26 Å². The van der Waals surface area contributed by atoms with E-state index in [4.69, 9.17) is 11.0 Å². The Morgan fingerprint density at radius 3 is 2.89 bits per heavy atom. The number of nitrogens with zero attached hydrogens (tertiary/aromatic N) is 2. The predicted molar refractivity (Wildman–Crippen MR) is 71.9 cm³/mol. The van der Waals surface area contributed by atoms with Crippen LogP contribution in [0.4, 0.5) is 4.39 Å². The van der Waals surface area contributed by atoms with Crippen LogP contribution in [0.1, 0.15) is 36.1 Å². The Balaban J connectivity index is 2.22. The van der Waals surface area contributed by atoms with Crippen LogP contribution >= 0.6 is 0 Å². The predicted octanol–water partition coefficient (Wildman–Crippen LogP) is 2.96. The van der Waals surface area contributed by atoms with Gasteiger partial charge in [-0.2, -0.15) is 5.26 Å². The first kappa shape index (κ1) is 13.3. The van der Waals surface area contributed by atoms with E-state index >= 15 is 0 Å². The summed E-state index contributed by atoms with van der Waals surface area (Å²) in [6.45, 7) is 2.43. The molecule has 0 bridgehead atoms. The average molecular weight is 257 g/mol. The molecule has 2 aromatic rings. The highest BCUT2D eigenvalue weighted by Crippen LogP contribution is 2.16. The number of benzene rings is 1. The molecule has 0 aliphatic rings. The van der Waals surface area contributed by atoms with Crippen molar-refractivity contribution in [3.05, 3.63) is 59.2 Å². The normalized spacial score (nSPS) is 12.1. The lowest BCUT2D eigenvalue weighted by Crippen LogP contribution is -2.07. The van der Waals surface area contributed by atoms with Gasteiger partial charge >= 0.3 is 0 Å². The van der Waals surface area contributed by atoms with E-state index in [-0.39, 0.29) is 11.9 Å². The number of nitrogens with two attached hydrogens (primary N) is 1. The lowest BCUT2D eigenvalue weighted by molar-refractivity contribution is 0.599. The fourth-order valence-corrected chi connectivity index (χ4v) is 1.97. The van der Waals surface area contributed by atoms with Gasteiger partial charge in [-0.05, 0) is 36.2 Å². The van der Waals surface area contributed by atoms with Crippen molar-refractivity contribution in [1.82, 2.24) is 4.57 Å². The quantitative estimate of drug-likeness (QED) is 0.915. The van der Waals surface area contributed by atoms with Gasteiger partial charge < -0.3 is 10.3 Å². The Hall–Kier alpha value is -2.12. The number of rotatable bonds is 4. The Morgan fingerprint density at radius 2 is 2.21 bits per heavy atom. The molecule has 0 saturated carbocycles. The Morgan fingerprint density at radius 1 is 1.42 bits per heavy atom. The van der Waals surface area contributed by atoms with Crippen LogP contribution in [0.25, 0.3) is 0 Å². The van der Waals surface area contributed by atoms with Gasteiger partial charge in [0.25, 0.3) is 0 Å². The van der Waals surface area contributed by atoms with Crippen LogP contribution in [0.3, 0.4) is 0 Å². The molecule has 19 heavy (non-hydrogen) atoms. The molecule has 1 aromatic carbocycles. The van der Waals surface area contributed by atoms with Crippen LogP contribution in [0.15, 0.2) is 36.7 Å². The van der Waals surface area contributed by atoms with Gasteiger partial charge in [0.1, 0.15) is 5.82 Å². The first-order valence-corrected chi connectivity index (χ1v) is 6.23. The summed E-state index contributed by atoms with van der Waals surface area (Å²) in [7, 11) is 0. The first-order chi connectivity index (χ1) is 9.13. The molecule has 0 fully saturated rings. The Bertz CT molecular complexity index is 610. The van der Waals surface area contributed by atoms with Gasteiger partial charge in [-0.15, -0.1) is 0 Å². The third kappa shape index (κ3) is 3.01. The zero-order valence-electron chi connectivity index (χ0n) is 10.8. The van der Waals surface area contributed by atoms with Crippen LogP contribution in [-0.2, 0) is 6.54 Å². The fourth-order valence-electron chi connectivity index (χ4n) is 1.97. The Kier molecular flexibility index (Phi) is 3.98. The van der Waals surface area contributed by atoms with Gasteiger partial charge in [0.05, 0.1) is 11.6 Å². The SMILES string of the molecule is CCC(N)c1ccn(Cc2cc(C#N)ccc2F)c1. The second-order valence-corrected chi connectivity index (χ2v) is 4.55. The lowest BCUT2D eigenvalue weighted by Gasteiger charge is -2.07. The van der Waals surface area contributed by atoms with Crippen molar-refractivity contribution in [2.45, 2.75) is 25.9 Å². The highest BCUT2D eigenvalue weighted by molar-refractivity contribution is 5.34. The molecule has 1 heterocycles. The van der Waals surface area contributed by atoms with E-state index in [0.29, 0.717) is 17.7 Å². The minimum Gasteiger partial charge on any atom is -0.349 e. The first-order valence-electron chi connectivity index (χ1n) is 6.23. The minimum absolute atomic E-state index is 0.0107. The van der Waals surface area contributed by atoms with Crippen LogP contribution in [0.5, 0.6) is 0 Å². The summed E-state index contributed by atoms with van der Waals surface area (Å²) >= 11 is 0. The fraction of sp³-hybridized carbons (Fsp3) is 0.267. The molecule has 1 aromatic heterocycles. The molecule has 4 heteroatoms. The van der Waals surface area contributed by atoms with Gasteiger partial charge in [0.2, 0.25) is 0 Å². The molecule has 0 aliphatic carbocycles. The average Bonchev–Trinajstić information content (AvgIpc) is 2.89. The molecular formula is C15H16FN3. The molecule has 2 N–H and O–H groups in total. The zero-order chi connectivity index (χ0) is 13.8. The van der Waals surface area contributed by atoms with Crippen molar-refractivity contribution >= 4 is 0 Å². The molecule has 0 saturated heterocycles. The van der Waals surface area contributed by atoms with Crippen molar-refractivity contribution in [3.8, 4) is 6.07 Å². The summed E-state index contributed by atoms with van der Waals surface area (Å²) in [6.07, 6.45) is 4.66. The second kappa shape index (κ2) is 5.68. The van der Waals surface area contributed by atoms with E-state index in [1.54, 1.807) is 6.07 Å². The van der Waals surface area contributed by atoms with Crippen molar-refractivity contribution < 1.29 is 4.39 Å². The molecule has 1 unspecified atom stereocenters. The largest absolute Gasteiger partial charge is 0.349 e. The van der Waals surface area contributed by atoms with Crippen molar-refractivity contribution in [3.63, 3.8) is 0 Å². The van der Waals surface area contributed by atoms with E-state index in [0.717, 1.165) is 12.0 Å². The van der Waals surface area contributed by atoms with Gasteiger partial charge in [-0.1, -0.05) is 6.92 Å². The van der Waals surface area contributed by atoms with Gasteiger partial charge in [-0.3, -0.25) is 0 Å². The molecule has 0 radical (unpaired) electrons. The summed E-state index contributed by atoms with van der Waals surface area (Å²) < 4.78 is 15.6. The number of hydrogen-bond donors (Lipinski definition) is 1. The van der Waals surface area contributed by atoms with Crippen LogP contribution in [-0.4, -0.2) is 4.57 Å².